The van der Waals surface area contributed by atoms with Gasteiger partial charge in [-0.2, -0.15) is 0 Å². The molecule has 0 aromatic heterocycles. The van der Waals surface area contributed by atoms with Crippen LogP contribution in [0.5, 0.6) is 0 Å². The molecule has 1 aromatic rings. The fourth-order valence-corrected chi connectivity index (χ4v) is 1.63. The summed E-state index contributed by atoms with van der Waals surface area (Å²) >= 11 is 0. The Hall–Kier alpha value is -1.04. The molecule has 0 heteroatoms. The van der Waals surface area contributed by atoms with Crippen LogP contribution in [0.15, 0.2) is 30.3 Å². The molecule has 0 amide bonds. The average Bonchev–Trinajstić information content (AvgIpc) is 2.18. The molecule has 0 atom stereocenters. The molecule has 0 fully saturated rings. The van der Waals surface area contributed by atoms with Gasteiger partial charge in [-0.25, -0.2) is 0 Å². The highest BCUT2D eigenvalue weighted by molar-refractivity contribution is 5.66. The smallest absolute Gasteiger partial charge is 0.0199 e. The zero-order valence-electron chi connectivity index (χ0n) is 8.80. The molecular weight excluding hydrogens is 156 g/mol. The third kappa shape index (κ3) is 2.45. The van der Waals surface area contributed by atoms with E-state index in [1.807, 2.05) is 0 Å². The molecule has 0 saturated carbocycles. The molecule has 0 unspecified atom stereocenters. The van der Waals surface area contributed by atoms with Crippen molar-refractivity contribution in [1.82, 2.24) is 0 Å². The lowest BCUT2D eigenvalue weighted by Gasteiger charge is -2.07. The van der Waals surface area contributed by atoms with E-state index in [1.165, 1.54) is 16.7 Å². The molecule has 1 rings (SSSR count). The fourth-order valence-electron chi connectivity index (χ4n) is 1.63. The van der Waals surface area contributed by atoms with E-state index in [0.29, 0.717) is 0 Å². The van der Waals surface area contributed by atoms with Crippen LogP contribution >= 0.6 is 0 Å². The van der Waals surface area contributed by atoms with Crippen LogP contribution in [-0.4, -0.2) is 0 Å². The standard InChI is InChI=1S/C13H18/c1-4-8-11(3)13-10-7-6-9-12(13)5-2/h6-10H,4-5H2,1-3H3/b11-8-. The maximum Gasteiger partial charge on any atom is -0.0199 e. The summed E-state index contributed by atoms with van der Waals surface area (Å²) in [4.78, 5) is 0. The summed E-state index contributed by atoms with van der Waals surface area (Å²) in [7, 11) is 0. The Balaban J connectivity index is 3.05. The number of hydrogen-bond acceptors (Lipinski definition) is 0. The molecular formula is C13H18. The van der Waals surface area contributed by atoms with Gasteiger partial charge in [-0.15, -0.1) is 0 Å². The van der Waals surface area contributed by atoms with E-state index in [4.69, 9.17) is 0 Å². The van der Waals surface area contributed by atoms with E-state index >= 15 is 0 Å². The van der Waals surface area contributed by atoms with Gasteiger partial charge in [0, 0.05) is 0 Å². The summed E-state index contributed by atoms with van der Waals surface area (Å²) in [6.45, 7) is 6.58. The van der Waals surface area contributed by atoms with Crippen molar-refractivity contribution in [1.29, 1.82) is 0 Å². The number of aryl methyl sites for hydroxylation is 1. The quantitative estimate of drug-likeness (QED) is 0.648. The van der Waals surface area contributed by atoms with Gasteiger partial charge in [0.15, 0.2) is 0 Å². The van der Waals surface area contributed by atoms with Crippen molar-refractivity contribution < 1.29 is 0 Å². The van der Waals surface area contributed by atoms with Crippen LogP contribution < -0.4 is 0 Å². The summed E-state index contributed by atoms with van der Waals surface area (Å²) in [5, 5.41) is 0. The monoisotopic (exact) mass is 174 g/mol. The van der Waals surface area contributed by atoms with E-state index in [2.05, 4.69) is 51.1 Å². The molecule has 0 heterocycles. The lowest BCUT2D eigenvalue weighted by molar-refractivity contribution is 1.12. The summed E-state index contributed by atoms with van der Waals surface area (Å²) in [6, 6.07) is 8.64. The first-order chi connectivity index (χ1) is 6.29. The molecule has 13 heavy (non-hydrogen) atoms. The Morgan fingerprint density at radius 1 is 1.23 bits per heavy atom. The largest absolute Gasteiger partial charge is 0.0813 e. The third-order valence-corrected chi connectivity index (χ3v) is 2.33. The Kier molecular flexibility index (Phi) is 3.75. The normalized spacial score (nSPS) is 11.8. The maximum absolute atomic E-state index is 2.29. The minimum atomic E-state index is 1.11. The topological polar surface area (TPSA) is 0 Å². The fraction of sp³-hybridized carbons (Fsp3) is 0.385. The first-order valence-corrected chi connectivity index (χ1v) is 5.04. The van der Waals surface area contributed by atoms with Gasteiger partial charge in [-0.3, -0.25) is 0 Å². The molecule has 0 spiro atoms. The van der Waals surface area contributed by atoms with Crippen molar-refractivity contribution in [2.45, 2.75) is 33.6 Å². The van der Waals surface area contributed by atoms with Crippen LogP contribution in [0.1, 0.15) is 38.3 Å². The first kappa shape index (κ1) is 10.0. The van der Waals surface area contributed by atoms with Gasteiger partial charge in [0.1, 0.15) is 0 Å². The van der Waals surface area contributed by atoms with Crippen LogP contribution in [0.2, 0.25) is 0 Å². The molecule has 1 aromatic carbocycles. The van der Waals surface area contributed by atoms with Crippen LogP contribution in [0.3, 0.4) is 0 Å². The maximum atomic E-state index is 2.29. The second-order valence-corrected chi connectivity index (χ2v) is 3.31. The molecule has 70 valence electrons. The van der Waals surface area contributed by atoms with Crippen molar-refractivity contribution in [2.75, 3.05) is 0 Å². The van der Waals surface area contributed by atoms with Crippen molar-refractivity contribution in [3.63, 3.8) is 0 Å². The molecule has 0 aliphatic carbocycles. The average molecular weight is 174 g/mol. The molecule has 0 aliphatic heterocycles. The Bertz CT molecular complexity index is 295. The van der Waals surface area contributed by atoms with Crippen molar-refractivity contribution >= 4 is 5.57 Å². The van der Waals surface area contributed by atoms with E-state index in [9.17, 15) is 0 Å². The lowest BCUT2D eigenvalue weighted by Crippen LogP contribution is -1.88. The van der Waals surface area contributed by atoms with Crippen LogP contribution in [0, 0.1) is 0 Å². The van der Waals surface area contributed by atoms with Gasteiger partial charge in [0.05, 0.1) is 0 Å². The van der Waals surface area contributed by atoms with Crippen LogP contribution in [0.4, 0.5) is 0 Å². The SMILES string of the molecule is CC/C=C(/C)c1ccccc1CC. The van der Waals surface area contributed by atoms with Crippen molar-refractivity contribution in [3.8, 4) is 0 Å². The number of benzene rings is 1. The van der Waals surface area contributed by atoms with Gasteiger partial charge in [-0.1, -0.05) is 44.2 Å². The molecule has 0 radical (unpaired) electrons. The molecule has 0 saturated heterocycles. The van der Waals surface area contributed by atoms with Gasteiger partial charge in [0.2, 0.25) is 0 Å². The van der Waals surface area contributed by atoms with Gasteiger partial charge in [0.25, 0.3) is 0 Å². The zero-order valence-corrected chi connectivity index (χ0v) is 8.80. The lowest BCUT2D eigenvalue weighted by atomic mass is 9.99. The van der Waals surface area contributed by atoms with E-state index in [1.54, 1.807) is 0 Å². The van der Waals surface area contributed by atoms with E-state index in [0.717, 1.165) is 12.8 Å². The predicted molar refractivity (Wildman–Crippen MR) is 59.8 cm³/mol. The highest BCUT2D eigenvalue weighted by Crippen LogP contribution is 2.19. The highest BCUT2D eigenvalue weighted by atomic mass is 14.0. The molecule has 0 nitrogen and oxygen atoms in total. The second-order valence-electron chi connectivity index (χ2n) is 3.31. The molecule has 0 aliphatic rings. The Labute approximate surface area is 81.3 Å². The second kappa shape index (κ2) is 4.86. The number of hydrogen-bond donors (Lipinski definition) is 0. The van der Waals surface area contributed by atoms with Gasteiger partial charge >= 0.3 is 0 Å². The van der Waals surface area contributed by atoms with Gasteiger partial charge in [-0.05, 0) is 36.5 Å². The number of rotatable bonds is 3. The number of allylic oxidation sites excluding steroid dienone is 2. The summed E-state index contributed by atoms with van der Waals surface area (Å²) in [6.07, 6.45) is 4.52. The Morgan fingerprint density at radius 2 is 1.92 bits per heavy atom. The molecule has 0 bridgehead atoms. The van der Waals surface area contributed by atoms with Gasteiger partial charge < -0.3 is 0 Å². The predicted octanol–water partition coefficient (Wildman–Crippen LogP) is 4.06. The van der Waals surface area contributed by atoms with Crippen LogP contribution in [-0.2, 0) is 6.42 Å². The Morgan fingerprint density at radius 3 is 2.54 bits per heavy atom. The first-order valence-electron chi connectivity index (χ1n) is 5.04. The summed E-state index contributed by atoms with van der Waals surface area (Å²) in [5.41, 5.74) is 4.26. The van der Waals surface area contributed by atoms with Crippen molar-refractivity contribution in [3.05, 3.63) is 41.5 Å². The third-order valence-electron chi connectivity index (χ3n) is 2.33. The highest BCUT2D eigenvalue weighted by Gasteiger charge is 1.99. The van der Waals surface area contributed by atoms with Crippen LogP contribution in [0.25, 0.3) is 5.57 Å². The molecule has 0 N–H and O–H groups in total. The van der Waals surface area contributed by atoms with E-state index in [-0.39, 0.29) is 0 Å². The van der Waals surface area contributed by atoms with Crippen molar-refractivity contribution in [2.24, 2.45) is 0 Å². The minimum absolute atomic E-state index is 1.11. The summed E-state index contributed by atoms with van der Waals surface area (Å²) < 4.78 is 0. The van der Waals surface area contributed by atoms with E-state index < -0.39 is 0 Å². The minimum Gasteiger partial charge on any atom is -0.0813 e. The zero-order chi connectivity index (χ0) is 9.68. The summed E-state index contributed by atoms with van der Waals surface area (Å²) in [5.74, 6) is 0.